The molecule has 11 heteroatoms. The van der Waals surface area contributed by atoms with Crippen LogP contribution in [0, 0.1) is 18.6 Å². The topological polar surface area (TPSA) is 87.4 Å². The molecular formula is C40H48F2N4O5. The Kier molecular flexibility index (Phi) is 11.3. The first-order valence-corrected chi connectivity index (χ1v) is 17.2. The lowest BCUT2D eigenvalue weighted by Crippen LogP contribution is -2.45. The van der Waals surface area contributed by atoms with E-state index in [0.29, 0.717) is 84.3 Å². The van der Waals surface area contributed by atoms with Gasteiger partial charge in [-0.15, -0.1) is 13.2 Å². The normalized spacial score (nSPS) is 15.7. The zero-order valence-corrected chi connectivity index (χ0v) is 30.6. The second kappa shape index (κ2) is 15.3. The maximum atomic E-state index is 15.8. The highest BCUT2D eigenvalue weighted by atomic mass is 19.1. The van der Waals surface area contributed by atoms with E-state index in [1.54, 1.807) is 40.9 Å². The number of aryl methyl sites for hydroxylation is 1. The van der Waals surface area contributed by atoms with Crippen LogP contribution in [0.3, 0.4) is 0 Å². The van der Waals surface area contributed by atoms with E-state index >= 15 is 4.39 Å². The number of fused-ring (bicyclic) bond motifs is 1. The smallest absolute Gasteiger partial charge is 0.339 e. The van der Waals surface area contributed by atoms with Gasteiger partial charge in [0, 0.05) is 48.5 Å². The molecule has 0 bridgehead atoms. The maximum absolute atomic E-state index is 15.8. The predicted octanol–water partition coefficient (Wildman–Crippen LogP) is 8.58. The molecule has 0 radical (unpaired) electrons. The van der Waals surface area contributed by atoms with Crippen LogP contribution in [0.25, 0.3) is 28.0 Å². The van der Waals surface area contributed by atoms with Crippen molar-refractivity contribution in [3.05, 3.63) is 90.7 Å². The monoisotopic (exact) mass is 702 g/mol. The molecule has 1 fully saturated rings. The largest absolute Gasteiger partial charge is 0.490 e. The lowest BCUT2D eigenvalue weighted by Gasteiger charge is -2.41. The molecule has 2 aromatic carbocycles. The summed E-state index contributed by atoms with van der Waals surface area (Å²) in [5.74, 6) is -0.573. The number of nitrogens with zero attached hydrogens (tertiary/aromatic N) is 4. The Morgan fingerprint density at radius 1 is 1.06 bits per heavy atom. The van der Waals surface area contributed by atoms with Crippen LogP contribution in [0.2, 0.25) is 0 Å². The summed E-state index contributed by atoms with van der Waals surface area (Å²) in [5, 5.41) is 4.93. The third-order valence-electron chi connectivity index (χ3n) is 8.95. The molecule has 9 nitrogen and oxygen atoms in total. The summed E-state index contributed by atoms with van der Waals surface area (Å²) in [6.45, 7) is 20.5. The van der Waals surface area contributed by atoms with Gasteiger partial charge in [-0.3, -0.25) is 0 Å². The fourth-order valence-corrected chi connectivity index (χ4v) is 6.36. The van der Waals surface area contributed by atoms with Crippen molar-refractivity contribution in [2.24, 2.45) is 0 Å². The Balaban J connectivity index is 1.67. The van der Waals surface area contributed by atoms with E-state index in [4.69, 9.17) is 29.0 Å². The van der Waals surface area contributed by atoms with E-state index in [0.717, 1.165) is 0 Å². The van der Waals surface area contributed by atoms with Crippen molar-refractivity contribution >= 4 is 17.4 Å². The van der Waals surface area contributed by atoms with Gasteiger partial charge in [-0.2, -0.15) is 9.61 Å². The number of esters is 1. The van der Waals surface area contributed by atoms with Gasteiger partial charge in [-0.1, -0.05) is 18.2 Å². The number of halogens is 2. The number of hydrogen-bond donors (Lipinski definition) is 0. The first-order chi connectivity index (χ1) is 24.2. The minimum Gasteiger partial charge on any atom is -0.490 e. The van der Waals surface area contributed by atoms with E-state index < -0.39 is 29.3 Å². The number of hydrogen-bond acceptors (Lipinski definition) is 8. The second-order valence-corrected chi connectivity index (χ2v) is 14.2. The molecule has 5 rings (SSSR count). The Morgan fingerprint density at radius 2 is 1.78 bits per heavy atom. The summed E-state index contributed by atoms with van der Waals surface area (Å²) < 4.78 is 55.6. The van der Waals surface area contributed by atoms with Crippen LogP contribution in [0.15, 0.2) is 67.8 Å². The number of carbonyl (C=O) groups excluding carboxylic acids is 1. The standard InChI is InChI=1S/C40H48F2N4O5/c1-10-12-25(3)50-33-23-28(41)14-15-29(33)27-13-16-31(42)30(22-27)32-24-34-43-26(4)35(36(38(47)48-9)51-39(5,6)7)37(46(34)44-32)45-19-17-40(8,18-20-45)49-21-11-2/h10-11,13-16,22-25,36H,1-2,12,17-21H2,3-9H3/t25-,36-/m0/s1. The summed E-state index contributed by atoms with van der Waals surface area (Å²) in [6, 6.07) is 10.7. The van der Waals surface area contributed by atoms with Crippen LogP contribution in [-0.2, 0) is 19.0 Å². The Bertz CT molecular complexity index is 1910. The number of anilines is 1. The van der Waals surface area contributed by atoms with Gasteiger partial charge in [0.15, 0.2) is 11.8 Å². The van der Waals surface area contributed by atoms with Crippen molar-refractivity contribution in [2.45, 2.75) is 84.2 Å². The van der Waals surface area contributed by atoms with Crippen LogP contribution in [0.4, 0.5) is 14.6 Å². The van der Waals surface area contributed by atoms with E-state index in [1.807, 2.05) is 34.6 Å². The van der Waals surface area contributed by atoms with E-state index in [1.165, 1.54) is 25.3 Å². The maximum Gasteiger partial charge on any atom is 0.339 e. The molecule has 2 atom stereocenters. The Labute approximate surface area is 298 Å². The highest BCUT2D eigenvalue weighted by molar-refractivity contribution is 5.81. The molecule has 0 spiro atoms. The molecule has 1 aliphatic heterocycles. The van der Waals surface area contributed by atoms with E-state index in [9.17, 15) is 9.18 Å². The molecule has 0 aliphatic carbocycles. The van der Waals surface area contributed by atoms with Crippen LogP contribution in [0.5, 0.6) is 5.75 Å². The van der Waals surface area contributed by atoms with Crippen molar-refractivity contribution in [3.63, 3.8) is 0 Å². The number of methoxy groups -OCH3 is 1. The molecule has 0 unspecified atom stereocenters. The van der Waals surface area contributed by atoms with E-state index in [-0.39, 0.29) is 17.3 Å². The average molecular weight is 703 g/mol. The summed E-state index contributed by atoms with van der Waals surface area (Å²) in [7, 11) is 1.32. The zero-order chi connectivity index (χ0) is 37.1. The second-order valence-electron chi connectivity index (χ2n) is 14.2. The Hall–Kier alpha value is -4.61. The summed E-state index contributed by atoms with van der Waals surface area (Å²) in [4.78, 5) is 20.4. The first-order valence-electron chi connectivity index (χ1n) is 17.2. The van der Waals surface area contributed by atoms with Crippen molar-refractivity contribution in [1.82, 2.24) is 14.6 Å². The predicted molar refractivity (Wildman–Crippen MR) is 195 cm³/mol. The van der Waals surface area contributed by atoms with Crippen LogP contribution in [0.1, 0.15) is 71.2 Å². The molecular weight excluding hydrogens is 654 g/mol. The van der Waals surface area contributed by atoms with Gasteiger partial charge >= 0.3 is 5.97 Å². The van der Waals surface area contributed by atoms with Crippen molar-refractivity contribution < 1.29 is 32.5 Å². The van der Waals surface area contributed by atoms with Gasteiger partial charge in [0.25, 0.3) is 0 Å². The summed E-state index contributed by atoms with van der Waals surface area (Å²) in [6.07, 6.45) is 4.08. The third kappa shape index (κ3) is 8.48. The van der Waals surface area contributed by atoms with Gasteiger partial charge in [0.05, 0.1) is 42.3 Å². The van der Waals surface area contributed by atoms with Crippen molar-refractivity contribution in [1.29, 1.82) is 0 Å². The number of rotatable bonds is 13. The van der Waals surface area contributed by atoms with Gasteiger partial charge in [0.2, 0.25) is 0 Å². The minimum absolute atomic E-state index is 0.220. The number of piperidine rings is 1. The molecule has 0 saturated carbocycles. The minimum atomic E-state index is -1.11. The molecule has 4 aromatic rings. The molecule has 1 saturated heterocycles. The molecule has 1 aliphatic rings. The molecule has 51 heavy (non-hydrogen) atoms. The van der Waals surface area contributed by atoms with Gasteiger partial charge in [-0.05, 0) is 84.2 Å². The number of aromatic nitrogens is 3. The highest BCUT2D eigenvalue weighted by Gasteiger charge is 2.38. The third-order valence-corrected chi connectivity index (χ3v) is 8.95. The van der Waals surface area contributed by atoms with Gasteiger partial charge in [0.1, 0.15) is 23.2 Å². The van der Waals surface area contributed by atoms with Crippen LogP contribution in [-0.4, -0.2) is 64.7 Å². The van der Waals surface area contributed by atoms with Crippen molar-refractivity contribution in [3.8, 4) is 28.1 Å². The fourth-order valence-electron chi connectivity index (χ4n) is 6.36. The SMILES string of the molecule is C=CCOC1(C)CCN(c2c([C@H](OC(C)(C)C)C(=O)OC)c(C)nc3cc(-c4cc(-c5ccc(F)cc5O[C@@H](C)CC=C)ccc4F)nn23)CC1. The summed E-state index contributed by atoms with van der Waals surface area (Å²) in [5.41, 5.74) is 2.23. The molecule has 272 valence electrons. The Morgan fingerprint density at radius 3 is 2.43 bits per heavy atom. The van der Waals surface area contributed by atoms with Gasteiger partial charge in [-0.25, -0.2) is 18.6 Å². The summed E-state index contributed by atoms with van der Waals surface area (Å²) >= 11 is 0. The number of ether oxygens (including phenoxy) is 4. The van der Waals surface area contributed by atoms with Crippen LogP contribution < -0.4 is 9.64 Å². The van der Waals surface area contributed by atoms with Crippen molar-refractivity contribution in [2.75, 3.05) is 31.7 Å². The molecule has 3 heterocycles. The molecule has 0 amide bonds. The molecule has 0 N–H and O–H groups in total. The first kappa shape index (κ1) is 37.6. The van der Waals surface area contributed by atoms with Gasteiger partial charge < -0.3 is 23.8 Å². The lowest BCUT2D eigenvalue weighted by atomic mass is 9.92. The average Bonchev–Trinajstić information content (AvgIpc) is 3.49. The lowest BCUT2D eigenvalue weighted by molar-refractivity contribution is -0.164. The van der Waals surface area contributed by atoms with E-state index in [2.05, 4.69) is 25.0 Å². The molecule has 2 aromatic heterocycles. The zero-order valence-electron chi connectivity index (χ0n) is 30.6. The number of carbonyl (C=O) groups is 1. The fraction of sp³-hybridized carbons (Fsp3) is 0.425. The number of benzene rings is 2. The van der Waals surface area contributed by atoms with Crippen LogP contribution >= 0.6 is 0 Å². The highest BCUT2D eigenvalue weighted by Crippen LogP contribution is 2.40. The quantitative estimate of drug-likeness (QED) is 0.101.